The summed E-state index contributed by atoms with van der Waals surface area (Å²) in [5, 5.41) is 18.7. The maximum absolute atomic E-state index is 10.4. The Morgan fingerprint density at radius 2 is 2.15 bits per heavy atom. The zero-order valence-corrected chi connectivity index (χ0v) is 7.52. The fourth-order valence-corrected chi connectivity index (χ4v) is 0.864. The summed E-state index contributed by atoms with van der Waals surface area (Å²) >= 11 is 0. The molecule has 0 atom stereocenters. The molecule has 68 valence electrons. The van der Waals surface area contributed by atoms with E-state index in [1.54, 1.807) is 13.0 Å². The lowest BCUT2D eigenvalue weighted by molar-refractivity contribution is -0.383. The van der Waals surface area contributed by atoms with Gasteiger partial charge in [0.2, 0.25) is 5.39 Å². The molecule has 5 nitrogen and oxygen atoms in total. The lowest BCUT2D eigenvalue weighted by Gasteiger charge is -1.88. The second kappa shape index (κ2) is 4.38. The van der Waals surface area contributed by atoms with Crippen molar-refractivity contribution in [3.8, 4) is 0 Å². The molecule has 0 fully saturated rings. The Bertz CT molecular complexity index is 372. The van der Waals surface area contributed by atoms with Gasteiger partial charge in [0, 0.05) is 12.1 Å². The number of benzene rings is 1. The summed E-state index contributed by atoms with van der Waals surface area (Å²) in [6, 6.07) is 4.39. The summed E-state index contributed by atoms with van der Waals surface area (Å²) in [6.45, 7) is 1.73. The molecule has 0 spiro atoms. The molecule has 0 aliphatic carbocycles. The lowest BCUT2D eigenvalue weighted by Crippen LogP contribution is -3.00. The SMILES string of the molecule is Cc1ccc([N+]#N)c([N+](=O)[O-])c1.[Cl-]. The van der Waals surface area contributed by atoms with Crippen molar-refractivity contribution in [1.82, 2.24) is 0 Å². The third kappa shape index (κ3) is 2.39. The standard InChI is InChI=1S/C7H6N3O2.ClH/c1-5-2-3-6(9-8)7(4-5)10(11)12;/h2-4H,1H3;1H/q+1;/p-1. The molecule has 0 saturated carbocycles. The highest BCUT2D eigenvalue weighted by molar-refractivity contribution is 5.62. The van der Waals surface area contributed by atoms with Crippen molar-refractivity contribution < 1.29 is 17.3 Å². The number of nitro groups is 1. The van der Waals surface area contributed by atoms with Gasteiger partial charge in [-0.3, -0.25) is 10.1 Å². The van der Waals surface area contributed by atoms with Crippen LogP contribution in [0.1, 0.15) is 5.56 Å². The summed E-state index contributed by atoms with van der Waals surface area (Å²) in [5.74, 6) is 0. The van der Waals surface area contributed by atoms with Gasteiger partial charge < -0.3 is 12.4 Å². The first-order chi connectivity index (χ1) is 5.65. The Hall–Kier alpha value is -1.67. The van der Waals surface area contributed by atoms with Crippen molar-refractivity contribution >= 4 is 11.4 Å². The number of aryl methyl sites for hydroxylation is 1. The molecule has 0 radical (unpaired) electrons. The predicted molar refractivity (Wildman–Crippen MR) is 42.6 cm³/mol. The van der Waals surface area contributed by atoms with Crippen LogP contribution in [0.5, 0.6) is 0 Å². The molecule has 0 heterocycles. The maximum Gasteiger partial charge on any atom is 0.461 e. The largest absolute Gasteiger partial charge is 1.00 e. The molecule has 0 aliphatic rings. The van der Waals surface area contributed by atoms with Crippen LogP contribution in [0.3, 0.4) is 0 Å². The van der Waals surface area contributed by atoms with E-state index in [4.69, 9.17) is 5.39 Å². The summed E-state index contributed by atoms with van der Waals surface area (Å²) in [5.41, 5.74) is 0.553. The Morgan fingerprint density at radius 3 is 2.62 bits per heavy atom. The topological polar surface area (TPSA) is 71.3 Å². The Labute approximate surface area is 80.6 Å². The molecule has 1 rings (SSSR count). The van der Waals surface area contributed by atoms with Crippen LogP contribution in [0.2, 0.25) is 0 Å². The fourth-order valence-electron chi connectivity index (χ4n) is 0.864. The summed E-state index contributed by atoms with van der Waals surface area (Å²) in [7, 11) is 0. The highest BCUT2D eigenvalue weighted by Gasteiger charge is 2.23. The van der Waals surface area contributed by atoms with Crippen LogP contribution < -0.4 is 12.4 Å². The van der Waals surface area contributed by atoms with Crippen molar-refractivity contribution in [2.75, 3.05) is 0 Å². The number of rotatable bonds is 1. The van der Waals surface area contributed by atoms with Gasteiger partial charge in [-0.05, 0) is 12.5 Å². The number of diazo groups is 1. The Morgan fingerprint density at radius 1 is 1.54 bits per heavy atom. The molecule has 0 amide bonds. The van der Waals surface area contributed by atoms with Gasteiger partial charge in [-0.25, -0.2) is 0 Å². The molecule has 1 aromatic rings. The lowest BCUT2D eigenvalue weighted by atomic mass is 10.2. The maximum atomic E-state index is 10.4. The average Bonchev–Trinajstić information content (AvgIpc) is 2.04. The molecule has 0 bridgehead atoms. The van der Waals surface area contributed by atoms with Crippen LogP contribution in [0.25, 0.3) is 4.98 Å². The minimum Gasteiger partial charge on any atom is -1.00 e. The molecule has 13 heavy (non-hydrogen) atoms. The van der Waals surface area contributed by atoms with Crippen LogP contribution in [0, 0.1) is 22.4 Å². The number of hydrogen-bond acceptors (Lipinski definition) is 3. The van der Waals surface area contributed by atoms with Crippen LogP contribution >= 0.6 is 0 Å². The summed E-state index contributed by atoms with van der Waals surface area (Å²) < 4.78 is 0. The van der Waals surface area contributed by atoms with E-state index in [1.807, 2.05) is 0 Å². The van der Waals surface area contributed by atoms with Gasteiger partial charge in [-0.15, -0.1) is 0 Å². The molecule has 0 unspecified atom stereocenters. The van der Waals surface area contributed by atoms with Gasteiger partial charge in [0.25, 0.3) is 0 Å². The van der Waals surface area contributed by atoms with Gasteiger partial charge >= 0.3 is 11.4 Å². The highest BCUT2D eigenvalue weighted by atomic mass is 35.5. The van der Waals surface area contributed by atoms with Crippen molar-refractivity contribution in [1.29, 1.82) is 5.39 Å². The van der Waals surface area contributed by atoms with Gasteiger partial charge in [0.05, 0.1) is 4.92 Å². The monoisotopic (exact) mass is 199 g/mol. The van der Waals surface area contributed by atoms with Crippen LogP contribution in [0.4, 0.5) is 11.4 Å². The number of nitrogens with zero attached hydrogens (tertiary/aromatic N) is 3. The number of hydrogen-bond donors (Lipinski definition) is 0. The van der Waals surface area contributed by atoms with E-state index >= 15 is 0 Å². The first kappa shape index (κ1) is 11.3. The first-order valence-electron chi connectivity index (χ1n) is 3.25. The average molecular weight is 200 g/mol. The van der Waals surface area contributed by atoms with E-state index < -0.39 is 4.92 Å². The smallest absolute Gasteiger partial charge is 0.461 e. The minimum absolute atomic E-state index is 0. The number of nitro benzene ring substituents is 1. The van der Waals surface area contributed by atoms with Crippen LogP contribution in [-0.4, -0.2) is 4.92 Å². The molecule has 0 saturated heterocycles. The van der Waals surface area contributed by atoms with Crippen molar-refractivity contribution in [2.24, 2.45) is 0 Å². The molecule has 6 heteroatoms. The molecule has 0 aliphatic heterocycles. The second-order valence-corrected chi connectivity index (χ2v) is 2.35. The van der Waals surface area contributed by atoms with Crippen LogP contribution in [-0.2, 0) is 0 Å². The van der Waals surface area contributed by atoms with E-state index in [-0.39, 0.29) is 23.8 Å². The van der Waals surface area contributed by atoms with E-state index in [0.717, 1.165) is 5.56 Å². The molecule has 1 aromatic carbocycles. The van der Waals surface area contributed by atoms with E-state index in [0.29, 0.717) is 0 Å². The molecular weight excluding hydrogens is 194 g/mol. The van der Waals surface area contributed by atoms with Gasteiger partial charge in [-0.1, -0.05) is 6.07 Å². The third-order valence-corrected chi connectivity index (χ3v) is 1.44. The van der Waals surface area contributed by atoms with Crippen molar-refractivity contribution in [3.63, 3.8) is 0 Å². The zero-order valence-electron chi connectivity index (χ0n) is 6.77. The predicted octanol–water partition coefficient (Wildman–Crippen LogP) is -0.608. The van der Waals surface area contributed by atoms with Gasteiger partial charge in [0.15, 0.2) is 4.98 Å². The molecule has 0 aromatic heterocycles. The first-order valence-corrected chi connectivity index (χ1v) is 3.25. The normalized spacial score (nSPS) is 8.31. The van der Waals surface area contributed by atoms with Crippen LogP contribution in [0.15, 0.2) is 18.2 Å². The van der Waals surface area contributed by atoms with E-state index in [9.17, 15) is 10.1 Å². The third-order valence-electron chi connectivity index (χ3n) is 1.44. The van der Waals surface area contributed by atoms with Gasteiger partial charge in [-0.2, -0.15) is 0 Å². The van der Waals surface area contributed by atoms with Crippen molar-refractivity contribution in [2.45, 2.75) is 6.92 Å². The second-order valence-electron chi connectivity index (χ2n) is 2.35. The van der Waals surface area contributed by atoms with E-state index in [1.165, 1.54) is 12.1 Å². The number of halogens is 1. The quantitative estimate of drug-likeness (QED) is 0.344. The molecule has 0 N–H and O–H groups in total. The minimum atomic E-state index is -0.581. The fraction of sp³-hybridized carbons (Fsp3) is 0.143. The zero-order chi connectivity index (χ0) is 9.14. The van der Waals surface area contributed by atoms with Crippen molar-refractivity contribution in [3.05, 3.63) is 38.9 Å². The van der Waals surface area contributed by atoms with E-state index in [2.05, 4.69) is 4.98 Å². The summed E-state index contributed by atoms with van der Waals surface area (Å²) in [6.07, 6.45) is 0. The Balaban J connectivity index is 0.00000144. The molecular formula is C7H6ClN3O2. The van der Waals surface area contributed by atoms with Gasteiger partial charge in [0.1, 0.15) is 0 Å². The Kier molecular flexibility index (Phi) is 3.82. The highest BCUT2D eigenvalue weighted by Crippen LogP contribution is 2.27. The summed E-state index contributed by atoms with van der Waals surface area (Å²) in [4.78, 5) is 12.6.